The fraction of sp³-hybridized carbons (Fsp3) is 0.444. The van der Waals surface area contributed by atoms with Crippen LogP contribution in [-0.4, -0.2) is 72.5 Å². The predicted octanol–water partition coefficient (Wildman–Crippen LogP) is 3.80. The van der Waals surface area contributed by atoms with Crippen LogP contribution in [0.2, 0.25) is 0 Å². The molecule has 35 heavy (non-hydrogen) atoms. The molecular formula is C27H34N2O6. The van der Waals surface area contributed by atoms with Gasteiger partial charge in [-0.25, -0.2) is 0 Å². The monoisotopic (exact) mass is 482 g/mol. The smallest absolute Gasteiger partial charge is 0.249 e. The summed E-state index contributed by atoms with van der Waals surface area (Å²) >= 11 is 0. The molecule has 1 heterocycles. The van der Waals surface area contributed by atoms with E-state index in [0.717, 1.165) is 54.9 Å². The Balaban J connectivity index is 1.49. The van der Waals surface area contributed by atoms with Crippen molar-refractivity contribution in [3.05, 3.63) is 41.0 Å². The summed E-state index contributed by atoms with van der Waals surface area (Å²) in [7, 11) is 8.09. The van der Waals surface area contributed by atoms with E-state index in [1.54, 1.807) is 35.5 Å². The Bertz CT molecular complexity index is 1080. The van der Waals surface area contributed by atoms with E-state index in [2.05, 4.69) is 4.90 Å². The minimum Gasteiger partial charge on any atom is -0.493 e. The normalized spacial score (nSPS) is 15.5. The fourth-order valence-corrected chi connectivity index (χ4v) is 4.81. The van der Waals surface area contributed by atoms with E-state index < -0.39 is 0 Å². The second-order valence-electron chi connectivity index (χ2n) is 8.59. The van der Waals surface area contributed by atoms with Crippen LogP contribution in [0, 0.1) is 0 Å². The number of aryl methyl sites for hydroxylation is 1. The van der Waals surface area contributed by atoms with Crippen LogP contribution >= 0.6 is 0 Å². The molecule has 1 aliphatic heterocycles. The third kappa shape index (κ3) is 4.97. The second-order valence-corrected chi connectivity index (χ2v) is 8.59. The average Bonchev–Trinajstić information content (AvgIpc) is 3.12. The number of carbonyl (C=O) groups excluding carboxylic acids is 1. The molecule has 1 amide bonds. The predicted molar refractivity (Wildman–Crippen MR) is 135 cm³/mol. The molecular weight excluding hydrogens is 448 g/mol. The summed E-state index contributed by atoms with van der Waals surface area (Å²) in [5.41, 5.74) is 4.03. The van der Waals surface area contributed by atoms with E-state index in [1.807, 2.05) is 35.2 Å². The van der Waals surface area contributed by atoms with E-state index in [4.69, 9.17) is 23.7 Å². The van der Waals surface area contributed by atoms with Gasteiger partial charge in [0.2, 0.25) is 11.7 Å². The highest BCUT2D eigenvalue weighted by atomic mass is 16.5. The third-order valence-corrected chi connectivity index (χ3v) is 6.72. The van der Waals surface area contributed by atoms with Gasteiger partial charge in [-0.3, -0.25) is 4.79 Å². The van der Waals surface area contributed by atoms with Crippen LogP contribution in [0.4, 0.5) is 5.69 Å². The highest BCUT2D eigenvalue weighted by molar-refractivity contribution is 5.98. The molecule has 0 unspecified atom stereocenters. The first-order valence-corrected chi connectivity index (χ1v) is 11.8. The summed E-state index contributed by atoms with van der Waals surface area (Å²) in [6.45, 7) is 2.73. The number of nitrogens with zero attached hydrogens (tertiary/aromatic N) is 2. The number of anilines is 1. The third-order valence-electron chi connectivity index (χ3n) is 6.72. The maximum absolute atomic E-state index is 13.4. The first-order valence-electron chi connectivity index (χ1n) is 11.8. The Morgan fingerprint density at radius 1 is 0.714 bits per heavy atom. The maximum atomic E-state index is 13.4. The number of piperazine rings is 1. The van der Waals surface area contributed by atoms with E-state index in [9.17, 15) is 4.79 Å². The first-order chi connectivity index (χ1) is 17.0. The molecule has 0 radical (unpaired) electrons. The Labute approximate surface area is 207 Å². The molecule has 1 aliphatic carbocycles. The minimum atomic E-state index is 0.108. The SMILES string of the molecule is COc1cc2c(cc1OC)CCCC(C(=O)N1CCN(c3cc(OC)c(OC)c(OC)c3)CC1)=C2. The van der Waals surface area contributed by atoms with Gasteiger partial charge < -0.3 is 33.5 Å². The molecule has 0 atom stereocenters. The van der Waals surface area contributed by atoms with Crippen molar-refractivity contribution in [2.24, 2.45) is 0 Å². The molecule has 0 N–H and O–H groups in total. The quantitative estimate of drug-likeness (QED) is 0.595. The second kappa shape index (κ2) is 10.8. The Morgan fingerprint density at radius 2 is 1.31 bits per heavy atom. The first kappa shape index (κ1) is 24.6. The molecule has 0 spiro atoms. The highest BCUT2D eigenvalue weighted by Crippen LogP contribution is 2.41. The molecule has 1 fully saturated rings. The van der Waals surface area contributed by atoms with E-state index in [1.165, 1.54) is 5.56 Å². The van der Waals surface area contributed by atoms with Crippen molar-refractivity contribution in [2.75, 3.05) is 66.6 Å². The van der Waals surface area contributed by atoms with Crippen LogP contribution in [0.1, 0.15) is 24.0 Å². The number of methoxy groups -OCH3 is 5. The van der Waals surface area contributed by atoms with Crippen LogP contribution < -0.4 is 28.6 Å². The van der Waals surface area contributed by atoms with Gasteiger partial charge in [-0.2, -0.15) is 0 Å². The lowest BCUT2D eigenvalue weighted by atomic mass is 10.0. The molecule has 0 aromatic heterocycles. The molecule has 8 heteroatoms. The lowest BCUT2D eigenvalue weighted by Crippen LogP contribution is -2.49. The van der Waals surface area contributed by atoms with Gasteiger partial charge in [-0.1, -0.05) is 0 Å². The van der Waals surface area contributed by atoms with E-state index in [-0.39, 0.29) is 5.91 Å². The Hall–Kier alpha value is -3.55. The van der Waals surface area contributed by atoms with E-state index >= 15 is 0 Å². The van der Waals surface area contributed by atoms with Gasteiger partial charge in [0.25, 0.3) is 0 Å². The summed E-state index contributed by atoms with van der Waals surface area (Å²) in [6.07, 6.45) is 4.60. The van der Waals surface area contributed by atoms with Crippen molar-refractivity contribution in [2.45, 2.75) is 19.3 Å². The molecule has 188 valence electrons. The molecule has 2 aliphatic rings. The van der Waals surface area contributed by atoms with Gasteiger partial charge >= 0.3 is 0 Å². The number of rotatable bonds is 7. The fourth-order valence-electron chi connectivity index (χ4n) is 4.81. The van der Waals surface area contributed by atoms with Crippen LogP contribution in [0.3, 0.4) is 0 Å². The highest BCUT2D eigenvalue weighted by Gasteiger charge is 2.26. The summed E-state index contributed by atoms with van der Waals surface area (Å²) < 4.78 is 27.4. The number of amides is 1. The van der Waals surface area contributed by atoms with Crippen molar-refractivity contribution in [1.82, 2.24) is 4.90 Å². The number of hydrogen-bond acceptors (Lipinski definition) is 7. The number of fused-ring (bicyclic) bond motifs is 1. The van der Waals surface area contributed by atoms with Gasteiger partial charge in [0.1, 0.15) is 0 Å². The molecule has 4 rings (SSSR count). The zero-order valence-corrected chi connectivity index (χ0v) is 21.2. The zero-order chi connectivity index (χ0) is 24.9. The largest absolute Gasteiger partial charge is 0.493 e. The van der Waals surface area contributed by atoms with Crippen LogP contribution in [0.25, 0.3) is 6.08 Å². The van der Waals surface area contributed by atoms with Gasteiger partial charge in [0.15, 0.2) is 23.0 Å². The Kier molecular flexibility index (Phi) is 7.58. The molecule has 0 saturated carbocycles. The van der Waals surface area contributed by atoms with Crippen LogP contribution in [0.15, 0.2) is 29.8 Å². The number of benzene rings is 2. The van der Waals surface area contributed by atoms with Crippen molar-refractivity contribution in [3.8, 4) is 28.7 Å². The molecule has 1 saturated heterocycles. The van der Waals surface area contributed by atoms with Gasteiger partial charge in [-0.05, 0) is 48.6 Å². The molecule has 8 nitrogen and oxygen atoms in total. The van der Waals surface area contributed by atoms with E-state index in [0.29, 0.717) is 36.1 Å². The summed E-state index contributed by atoms with van der Waals surface area (Å²) in [5, 5.41) is 0. The van der Waals surface area contributed by atoms with Crippen molar-refractivity contribution in [1.29, 1.82) is 0 Å². The summed E-state index contributed by atoms with van der Waals surface area (Å²) in [4.78, 5) is 17.6. The van der Waals surface area contributed by atoms with Gasteiger partial charge in [0, 0.05) is 49.6 Å². The molecule has 2 aromatic carbocycles. The minimum absolute atomic E-state index is 0.108. The van der Waals surface area contributed by atoms with Crippen molar-refractivity contribution in [3.63, 3.8) is 0 Å². The molecule has 2 aromatic rings. The lowest BCUT2D eigenvalue weighted by molar-refractivity contribution is -0.127. The average molecular weight is 483 g/mol. The zero-order valence-electron chi connectivity index (χ0n) is 21.2. The lowest BCUT2D eigenvalue weighted by Gasteiger charge is -2.36. The number of ether oxygens (including phenoxy) is 5. The van der Waals surface area contributed by atoms with Crippen molar-refractivity contribution < 1.29 is 28.5 Å². The Morgan fingerprint density at radius 3 is 1.89 bits per heavy atom. The molecule has 0 bridgehead atoms. The van der Waals surface area contributed by atoms with Crippen molar-refractivity contribution >= 4 is 17.7 Å². The topological polar surface area (TPSA) is 69.7 Å². The van der Waals surface area contributed by atoms with Crippen LogP contribution in [-0.2, 0) is 11.2 Å². The van der Waals surface area contributed by atoms with Gasteiger partial charge in [0.05, 0.1) is 35.5 Å². The van der Waals surface area contributed by atoms with Crippen LogP contribution in [0.5, 0.6) is 28.7 Å². The summed E-state index contributed by atoms with van der Waals surface area (Å²) in [6, 6.07) is 7.89. The summed E-state index contributed by atoms with van der Waals surface area (Å²) in [5.74, 6) is 3.32. The standard InChI is InChI=1S/C27H34N2O6/c1-31-22-14-18-7-6-8-19(13-20(18)15-23(22)32-2)27(30)29-11-9-28(10-12-29)21-16-24(33-3)26(35-5)25(17-21)34-4/h13-17H,6-12H2,1-5H3. The maximum Gasteiger partial charge on any atom is 0.249 e. The number of hydrogen-bond donors (Lipinski definition) is 0. The van der Waals surface area contributed by atoms with Gasteiger partial charge in [-0.15, -0.1) is 0 Å². The number of carbonyl (C=O) groups is 1.